The predicted octanol–water partition coefficient (Wildman–Crippen LogP) is 0.0827. The lowest BCUT2D eigenvalue weighted by atomic mass is 10.0. The number of hydrogen-bond acceptors (Lipinski definition) is 10. The lowest BCUT2D eigenvalue weighted by Crippen LogP contribution is -2.62. The van der Waals surface area contributed by atoms with Gasteiger partial charge in [-0.25, -0.2) is 15.0 Å². The fraction of sp³-hybridized carbons (Fsp3) is 0.370. The molecule has 8 N–H and O–H groups in total. The first-order chi connectivity index (χ1) is 18.8. The second-order valence-electron chi connectivity index (χ2n) is 9.75. The quantitative estimate of drug-likeness (QED) is 0.0865. The number of phenolic OH excluding ortho intramolecular Hbond substituents is 1. The van der Waals surface area contributed by atoms with Gasteiger partial charge in [0.2, 0.25) is 11.9 Å². The molecule has 206 valence electrons. The zero-order valence-corrected chi connectivity index (χ0v) is 22.3. The molecule has 1 saturated heterocycles. The number of phenols is 1. The van der Waals surface area contributed by atoms with Crippen molar-refractivity contribution in [3.8, 4) is 17.0 Å². The highest BCUT2D eigenvalue weighted by molar-refractivity contribution is 5.82. The topological polar surface area (TPSA) is 170 Å². The number of aromatic hydroxyl groups is 1. The van der Waals surface area contributed by atoms with E-state index in [-0.39, 0.29) is 17.7 Å². The summed E-state index contributed by atoms with van der Waals surface area (Å²) in [4.78, 5) is 24.1. The number of benzene rings is 2. The fourth-order valence-electron chi connectivity index (χ4n) is 4.44. The summed E-state index contributed by atoms with van der Waals surface area (Å²) in [5, 5.41) is 23.6. The van der Waals surface area contributed by atoms with Crippen molar-refractivity contribution in [2.75, 3.05) is 32.0 Å². The number of hydrogen-bond donors (Lipinski definition) is 6. The Kier molecular flexibility index (Phi) is 9.49. The number of piperazine rings is 1. The van der Waals surface area contributed by atoms with Crippen molar-refractivity contribution in [3.05, 3.63) is 71.9 Å². The Morgan fingerprint density at radius 3 is 2.82 bits per heavy atom. The van der Waals surface area contributed by atoms with E-state index < -0.39 is 12.3 Å². The van der Waals surface area contributed by atoms with Crippen molar-refractivity contribution in [3.63, 3.8) is 0 Å². The predicted molar refractivity (Wildman–Crippen MR) is 148 cm³/mol. The number of carbonyl (C=O) groups is 1. The van der Waals surface area contributed by atoms with Gasteiger partial charge in [-0.3, -0.25) is 15.5 Å². The molecule has 0 aliphatic carbocycles. The Bertz CT molecular complexity index is 1250. The van der Waals surface area contributed by atoms with Gasteiger partial charge in [0.1, 0.15) is 5.75 Å². The van der Waals surface area contributed by atoms with Crippen LogP contribution in [0.3, 0.4) is 0 Å². The van der Waals surface area contributed by atoms with Crippen LogP contribution in [0.1, 0.15) is 18.1 Å². The highest BCUT2D eigenvalue weighted by Crippen LogP contribution is 2.21. The lowest BCUT2D eigenvalue weighted by molar-refractivity contribution is -0.239. The van der Waals surface area contributed by atoms with Gasteiger partial charge in [0.15, 0.2) is 0 Å². The zero-order chi connectivity index (χ0) is 27.8. The average Bonchev–Trinajstić information content (AvgIpc) is 2.94. The maximum Gasteiger partial charge on any atom is 0.252 e. The number of nitrogens with zero attached hydrogens (tertiary/aromatic N) is 5. The zero-order valence-electron chi connectivity index (χ0n) is 22.3. The average molecular weight is 534 g/mol. The van der Waals surface area contributed by atoms with Crippen LogP contribution in [-0.2, 0) is 17.8 Å². The van der Waals surface area contributed by atoms with E-state index in [4.69, 9.17) is 16.4 Å². The minimum Gasteiger partial charge on any atom is -0.508 e. The molecule has 0 spiro atoms. The second kappa shape index (κ2) is 13.2. The molecule has 2 aromatic carbocycles. The van der Waals surface area contributed by atoms with Gasteiger partial charge in [0, 0.05) is 51.0 Å². The maximum atomic E-state index is 12.8. The Hall–Kier alpha value is -3.97. The molecule has 2 unspecified atom stereocenters. The molecule has 1 aliphatic rings. The highest BCUT2D eigenvalue weighted by Gasteiger charge is 2.31. The number of anilines is 1. The van der Waals surface area contributed by atoms with Crippen LogP contribution >= 0.6 is 0 Å². The van der Waals surface area contributed by atoms with Gasteiger partial charge in [0.25, 0.3) is 6.29 Å². The van der Waals surface area contributed by atoms with Crippen molar-refractivity contribution in [2.45, 2.75) is 38.3 Å². The first-order valence-electron chi connectivity index (χ1n) is 12.9. The molecule has 0 bridgehead atoms. The summed E-state index contributed by atoms with van der Waals surface area (Å²) < 4.78 is 0. The number of rotatable bonds is 11. The fourth-order valence-corrected chi connectivity index (χ4v) is 4.44. The van der Waals surface area contributed by atoms with Crippen LogP contribution < -0.4 is 27.3 Å². The molecule has 4 rings (SSSR count). The Morgan fingerprint density at radius 1 is 1.28 bits per heavy atom. The Labute approximate surface area is 228 Å². The van der Waals surface area contributed by atoms with E-state index in [0.29, 0.717) is 32.1 Å². The SMILES string of the molecule is CC1CN[C@@H](C(=O)NC(N=[NH2+])N(C)N)CN1Cc1cccc(-c2ccnc(NCCc3ccc(O)cc3)n2)c1. The number of aromatic nitrogens is 2. The summed E-state index contributed by atoms with van der Waals surface area (Å²) in [7, 11) is 1.59. The number of amides is 1. The van der Waals surface area contributed by atoms with Crippen molar-refractivity contribution in [1.82, 2.24) is 30.5 Å². The molecule has 1 fully saturated rings. The smallest absolute Gasteiger partial charge is 0.252 e. The monoisotopic (exact) mass is 533 g/mol. The van der Waals surface area contributed by atoms with Crippen molar-refractivity contribution in [2.24, 2.45) is 11.0 Å². The van der Waals surface area contributed by atoms with Gasteiger partial charge in [-0.15, -0.1) is 0 Å². The van der Waals surface area contributed by atoms with Crippen molar-refractivity contribution in [1.29, 1.82) is 0 Å². The van der Waals surface area contributed by atoms with Crippen LogP contribution in [0.25, 0.3) is 11.3 Å². The first kappa shape index (κ1) is 28.0. The first-order valence-corrected chi connectivity index (χ1v) is 12.9. The minimum absolute atomic E-state index is 0.205. The summed E-state index contributed by atoms with van der Waals surface area (Å²) in [5.41, 5.74) is 9.42. The van der Waals surface area contributed by atoms with E-state index >= 15 is 0 Å². The molecule has 12 nitrogen and oxygen atoms in total. The summed E-state index contributed by atoms with van der Waals surface area (Å²) in [5.74, 6) is 6.31. The van der Waals surface area contributed by atoms with Crippen LogP contribution in [0.5, 0.6) is 5.75 Å². The van der Waals surface area contributed by atoms with E-state index in [0.717, 1.165) is 28.8 Å². The largest absolute Gasteiger partial charge is 0.508 e. The number of nitrogens with one attached hydrogen (secondary N) is 3. The normalized spacial score (nSPS) is 18.5. The molecular formula is C27H37N10O2+. The second-order valence-corrected chi connectivity index (χ2v) is 9.75. The standard InChI is InChI=1S/C27H36N10O2/c1-18-15-32-24(25(39)34-27(35-28)36(2)29)17-37(18)16-20-4-3-5-21(14-20)23-11-13-31-26(33-23)30-12-10-19-6-8-22(38)9-7-19/h3-9,11,13-14,18,24,27-28,32,38H,10,12,15-17,29H2,1-2H3,(H,34,39)(H,30,31,33)/p+1/t18?,24-,27?/m1/s1. The van der Waals surface area contributed by atoms with E-state index in [2.05, 4.69) is 50.0 Å². The third kappa shape index (κ3) is 7.77. The molecule has 1 amide bonds. The van der Waals surface area contributed by atoms with E-state index in [9.17, 15) is 9.90 Å². The number of hydrazine groups is 1. The van der Waals surface area contributed by atoms with E-state index in [1.165, 1.54) is 5.01 Å². The Balaban J connectivity index is 1.37. The van der Waals surface area contributed by atoms with Gasteiger partial charge < -0.3 is 21.1 Å². The lowest BCUT2D eigenvalue weighted by Gasteiger charge is -2.38. The number of nitrogens with two attached hydrogens (primary N) is 2. The molecule has 0 saturated carbocycles. The molecule has 12 heteroatoms. The van der Waals surface area contributed by atoms with Crippen LogP contribution in [0.2, 0.25) is 0 Å². The summed E-state index contributed by atoms with van der Waals surface area (Å²) >= 11 is 0. The molecule has 3 atom stereocenters. The summed E-state index contributed by atoms with van der Waals surface area (Å²) in [6.45, 7) is 4.70. The highest BCUT2D eigenvalue weighted by atomic mass is 16.3. The van der Waals surface area contributed by atoms with Crippen LogP contribution in [0.4, 0.5) is 5.95 Å². The van der Waals surface area contributed by atoms with Crippen LogP contribution in [0, 0.1) is 0 Å². The minimum atomic E-state index is -0.788. The third-order valence-electron chi connectivity index (χ3n) is 6.71. The van der Waals surface area contributed by atoms with Crippen molar-refractivity contribution < 1.29 is 15.4 Å². The number of carbonyl (C=O) groups excluding carboxylic acids is 1. The molecule has 2 heterocycles. The van der Waals surface area contributed by atoms with Crippen LogP contribution in [0.15, 0.2) is 65.9 Å². The molecule has 1 aliphatic heterocycles. The van der Waals surface area contributed by atoms with Gasteiger partial charge in [-0.05, 0) is 53.9 Å². The maximum absolute atomic E-state index is 12.8. The van der Waals surface area contributed by atoms with Gasteiger partial charge in [0.05, 0.1) is 11.7 Å². The van der Waals surface area contributed by atoms with E-state index in [1.54, 1.807) is 25.4 Å². The Morgan fingerprint density at radius 2 is 2.08 bits per heavy atom. The molecule has 39 heavy (non-hydrogen) atoms. The molecule has 0 radical (unpaired) electrons. The van der Waals surface area contributed by atoms with E-state index in [1.807, 2.05) is 30.3 Å². The summed E-state index contributed by atoms with van der Waals surface area (Å²) in [6, 6.07) is 17.2. The summed E-state index contributed by atoms with van der Waals surface area (Å²) in [6.07, 6.45) is 1.75. The van der Waals surface area contributed by atoms with Gasteiger partial charge in [-0.2, -0.15) is 5.53 Å². The van der Waals surface area contributed by atoms with Gasteiger partial charge in [-0.1, -0.05) is 30.3 Å². The molecule has 3 aromatic rings. The third-order valence-corrected chi connectivity index (χ3v) is 6.71. The van der Waals surface area contributed by atoms with Gasteiger partial charge >= 0.3 is 0 Å². The van der Waals surface area contributed by atoms with Crippen molar-refractivity contribution >= 4 is 11.9 Å². The molecule has 1 aromatic heterocycles. The van der Waals surface area contributed by atoms with Crippen LogP contribution in [-0.4, -0.2) is 75.9 Å². The molecular weight excluding hydrogens is 496 g/mol.